The van der Waals surface area contributed by atoms with Gasteiger partial charge in [0.2, 0.25) is 0 Å². The van der Waals surface area contributed by atoms with Crippen molar-refractivity contribution in [3.63, 3.8) is 0 Å². The number of anilines is 1. The van der Waals surface area contributed by atoms with Gasteiger partial charge in [0, 0.05) is 37.3 Å². The lowest BCUT2D eigenvalue weighted by molar-refractivity contribution is -0.0753. The normalized spacial score (nSPS) is 24.1. The number of nitrogens with two attached hydrogens (primary N) is 1. The smallest absolute Gasteiger partial charge is 0.180 e. The zero-order valence-corrected chi connectivity index (χ0v) is 14.5. The minimum Gasteiger partial charge on any atom is -0.376 e. The summed E-state index contributed by atoms with van der Waals surface area (Å²) in [7, 11) is 0. The van der Waals surface area contributed by atoms with Crippen LogP contribution in [-0.4, -0.2) is 48.4 Å². The van der Waals surface area contributed by atoms with Crippen molar-refractivity contribution in [3.8, 4) is 0 Å². The third-order valence-electron chi connectivity index (χ3n) is 4.28. The number of aromatic nitrogens is 1. The summed E-state index contributed by atoms with van der Waals surface area (Å²) in [6.45, 7) is 4.83. The third-order valence-corrected chi connectivity index (χ3v) is 5.09. The fourth-order valence-corrected chi connectivity index (χ4v) is 3.76. The molecule has 2 N–H and O–H groups in total. The van der Waals surface area contributed by atoms with Gasteiger partial charge < -0.3 is 15.2 Å². The van der Waals surface area contributed by atoms with Gasteiger partial charge in [-0.25, -0.2) is 4.98 Å². The maximum atomic E-state index is 6.04. The van der Waals surface area contributed by atoms with Crippen LogP contribution in [0.3, 0.4) is 0 Å². The van der Waals surface area contributed by atoms with Crippen molar-refractivity contribution in [3.05, 3.63) is 11.1 Å². The Morgan fingerprint density at radius 1 is 1.32 bits per heavy atom. The van der Waals surface area contributed by atoms with Crippen LogP contribution in [0.2, 0.25) is 0 Å². The fraction of sp³-hybridized carbons (Fsp3) is 0.800. The second-order valence-corrected chi connectivity index (χ2v) is 7.11. The lowest BCUT2D eigenvalue weighted by atomic mass is 10.1. The van der Waals surface area contributed by atoms with Crippen molar-refractivity contribution >= 4 is 28.9 Å². The van der Waals surface area contributed by atoms with Gasteiger partial charge in [-0.1, -0.05) is 0 Å². The Morgan fingerprint density at radius 3 is 2.77 bits per heavy atom. The molecule has 2 aliphatic heterocycles. The molecule has 0 aromatic carbocycles. The van der Waals surface area contributed by atoms with Crippen LogP contribution in [-0.2, 0) is 16.0 Å². The Kier molecular flexibility index (Phi) is 7.37. The molecule has 0 bridgehead atoms. The molecule has 3 rings (SSSR count). The summed E-state index contributed by atoms with van der Waals surface area (Å²) in [4.78, 5) is 7.82. The van der Waals surface area contributed by atoms with Gasteiger partial charge in [-0.3, -0.25) is 4.90 Å². The van der Waals surface area contributed by atoms with Gasteiger partial charge in [-0.05, 0) is 32.1 Å². The Morgan fingerprint density at radius 2 is 2.14 bits per heavy atom. The summed E-state index contributed by atoms with van der Waals surface area (Å²) in [6, 6.07) is 0. The van der Waals surface area contributed by atoms with Crippen molar-refractivity contribution in [2.75, 3.05) is 32.0 Å². The molecular formula is C15H26ClN3O2S. The summed E-state index contributed by atoms with van der Waals surface area (Å²) >= 11 is 1.59. The number of hydrogen-bond acceptors (Lipinski definition) is 6. The van der Waals surface area contributed by atoms with Crippen LogP contribution in [0.4, 0.5) is 5.13 Å². The largest absolute Gasteiger partial charge is 0.376 e. The minimum absolute atomic E-state index is 0. The van der Waals surface area contributed by atoms with E-state index in [2.05, 4.69) is 9.88 Å². The molecule has 3 heterocycles. The van der Waals surface area contributed by atoms with Crippen molar-refractivity contribution in [2.45, 2.75) is 50.9 Å². The average Bonchev–Trinajstić information content (AvgIpc) is 2.93. The molecule has 5 nitrogen and oxygen atoms in total. The molecule has 0 radical (unpaired) electrons. The fourth-order valence-electron chi connectivity index (χ4n) is 3.03. The number of nitrogen functional groups attached to an aromatic ring is 1. The predicted octanol–water partition coefficient (Wildman–Crippen LogP) is 2.70. The summed E-state index contributed by atoms with van der Waals surface area (Å²) < 4.78 is 11.8. The van der Waals surface area contributed by atoms with E-state index in [1.54, 1.807) is 11.3 Å². The zero-order valence-electron chi connectivity index (χ0n) is 12.9. The van der Waals surface area contributed by atoms with E-state index in [0.717, 1.165) is 52.1 Å². The molecule has 22 heavy (non-hydrogen) atoms. The predicted molar refractivity (Wildman–Crippen MR) is 91.6 cm³/mol. The first-order valence-corrected chi connectivity index (χ1v) is 8.77. The summed E-state index contributed by atoms with van der Waals surface area (Å²) in [5.41, 5.74) is 5.67. The molecule has 2 fully saturated rings. The van der Waals surface area contributed by atoms with Crippen molar-refractivity contribution in [2.24, 2.45) is 0 Å². The van der Waals surface area contributed by atoms with Crippen LogP contribution in [0.15, 0.2) is 6.20 Å². The molecule has 2 aliphatic rings. The Labute approximate surface area is 142 Å². The molecule has 126 valence electrons. The van der Waals surface area contributed by atoms with Crippen molar-refractivity contribution in [1.29, 1.82) is 0 Å². The lowest BCUT2D eigenvalue weighted by Gasteiger charge is -2.32. The number of thiazole rings is 1. The molecule has 0 aliphatic carbocycles. The highest BCUT2D eigenvalue weighted by molar-refractivity contribution is 7.15. The number of halogens is 1. The monoisotopic (exact) mass is 347 g/mol. The van der Waals surface area contributed by atoms with E-state index >= 15 is 0 Å². The Hall–Kier alpha value is -0.400. The summed E-state index contributed by atoms with van der Waals surface area (Å²) in [5, 5.41) is 0.663. The summed E-state index contributed by atoms with van der Waals surface area (Å²) in [6.07, 6.45) is 8.49. The van der Waals surface area contributed by atoms with E-state index in [9.17, 15) is 0 Å². The van der Waals surface area contributed by atoms with E-state index in [0.29, 0.717) is 17.3 Å². The van der Waals surface area contributed by atoms with Crippen LogP contribution in [0, 0.1) is 0 Å². The van der Waals surface area contributed by atoms with E-state index in [1.807, 2.05) is 6.20 Å². The molecule has 1 aromatic rings. The maximum absolute atomic E-state index is 6.04. The van der Waals surface area contributed by atoms with Crippen LogP contribution in [0.1, 0.15) is 37.0 Å². The highest BCUT2D eigenvalue weighted by Crippen LogP contribution is 2.21. The van der Waals surface area contributed by atoms with E-state index in [-0.39, 0.29) is 12.4 Å². The highest BCUT2D eigenvalue weighted by Gasteiger charge is 2.22. The number of rotatable bonds is 5. The SMILES string of the molecule is Cl.Nc1ncc(CN2CCC(OCC3CCCCO3)CC2)s1. The molecule has 0 amide bonds. The van der Waals surface area contributed by atoms with E-state index in [1.165, 1.54) is 17.7 Å². The first-order chi connectivity index (χ1) is 10.3. The number of ether oxygens (including phenoxy) is 2. The van der Waals surface area contributed by atoms with Gasteiger partial charge >= 0.3 is 0 Å². The molecule has 1 aromatic heterocycles. The van der Waals surface area contributed by atoms with Gasteiger partial charge in [-0.2, -0.15) is 0 Å². The maximum Gasteiger partial charge on any atom is 0.180 e. The topological polar surface area (TPSA) is 60.6 Å². The van der Waals surface area contributed by atoms with Crippen molar-refractivity contribution < 1.29 is 9.47 Å². The molecular weight excluding hydrogens is 322 g/mol. The molecule has 2 saturated heterocycles. The van der Waals surface area contributed by atoms with E-state index < -0.39 is 0 Å². The second-order valence-electron chi connectivity index (χ2n) is 5.96. The van der Waals surface area contributed by atoms with E-state index in [4.69, 9.17) is 15.2 Å². The molecule has 0 spiro atoms. The quantitative estimate of drug-likeness (QED) is 0.887. The van der Waals surface area contributed by atoms with Crippen LogP contribution >= 0.6 is 23.7 Å². The van der Waals surface area contributed by atoms with Gasteiger partial charge in [0.1, 0.15) is 0 Å². The molecule has 1 unspecified atom stereocenters. The van der Waals surface area contributed by atoms with Crippen LogP contribution in [0.25, 0.3) is 0 Å². The number of hydrogen-bond donors (Lipinski definition) is 1. The van der Waals surface area contributed by atoms with Gasteiger partial charge in [0.15, 0.2) is 5.13 Å². The Balaban J connectivity index is 0.00000176. The average molecular weight is 348 g/mol. The number of likely N-dealkylation sites (tertiary alicyclic amines) is 1. The first kappa shape index (κ1) is 17.9. The third kappa shape index (κ3) is 5.35. The standard InChI is InChI=1S/C15H25N3O2S.ClH/c16-15-17-9-14(21-15)10-18-6-4-12(5-7-18)20-11-13-3-1-2-8-19-13;/h9,12-13H,1-8,10-11H2,(H2,16,17);1H. The summed E-state index contributed by atoms with van der Waals surface area (Å²) in [5.74, 6) is 0. The van der Waals surface area contributed by atoms with Crippen molar-refractivity contribution in [1.82, 2.24) is 9.88 Å². The van der Waals surface area contributed by atoms with Gasteiger partial charge in [0.25, 0.3) is 0 Å². The van der Waals surface area contributed by atoms with Gasteiger partial charge in [-0.15, -0.1) is 23.7 Å². The van der Waals surface area contributed by atoms with Gasteiger partial charge in [0.05, 0.1) is 18.8 Å². The van der Waals surface area contributed by atoms with Crippen LogP contribution < -0.4 is 5.73 Å². The number of piperidine rings is 1. The highest BCUT2D eigenvalue weighted by atomic mass is 35.5. The lowest BCUT2D eigenvalue weighted by Crippen LogP contribution is -2.37. The molecule has 0 saturated carbocycles. The first-order valence-electron chi connectivity index (χ1n) is 7.95. The number of nitrogens with zero attached hydrogens (tertiary/aromatic N) is 2. The minimum atomic E-state index is 0. The van der Waals surface area contributed by atoms with Crippen LogP contribution in [0.5, 0.6) is 0 Å². The molecule has 1 atom stereocenters. The molecule has 7 heteroatoms. The zero-order chi connectivity index (χ0) is 14.5. The Bertz CT molecular complexity index is 432. The second kappa shape index (κ2) is 9.03.